The number of unbranched alkanes of at least 4 members (excludes halogenated alkanes) is 1. The van der Waals surface area contributed by atoms with Gasteiger partial charge in [0.15, 0.2) is 15.8 Å². The maximum absolute atomic E-state index is 10.3. The highest BCUT2D eigenvalue weighted by atomic mass is 32.2. The van der Waals surface area contributed by atoms with Crippen LogP contribution in [0.1, 0.15) is 19.3 Å². The van der Waals surface area contributed by atoms with Crippen LogP contribution >= 0.6 is 23.1 Å². The predicted octanol–water partition coefficient (Wildman–Crippen LogP) is 3.05. The lowest BCUT2D eigenvalue weighted by atomic mass is 10.3. The molecule has 0 saturated carbocycles. The molecule has 0 atom stereocenters. The second-order valence-corrected chi connectivity index (χ2v) is 6.36. The fourth-order valence-electron chi connectivity index (χ4n) is 1.53. The minimum absolute atomic E-state index is 0.144. The quantitative estimate of drug-likeness (QED) is 0.431. The molecule has 0 bridgehead atoms. The maximum Gasteiger partial charge on any atom is 0.303 e. The Hall–Kier alpha value is -1.47. The summed E-state index contributed by atoms with van der Waals surface area (Å²) >= 11 is 3.01. The SMILES string of the molecule is O=C(O)CCCCSc1nc2cc(O)c(O)cc2s1. The molecule has 0 fully saturated rings. The van der Waals surface area contributed by atoms with Gasteiger partial charge < -0.3 is 15.3 Å². The van der Waals surface area contributed by atoms with Crippen LogP contribution < -0.4 is 0 Å². The molecule has 5 nitrogen and oxygen atoms in total. The summed E-state index contributed by atoms with van der Waals surface area (Å²) in [5.41, 5.74) is 0.660. The van der Waals surface area contributed by atoms with Crippen molar-refractivity contribution < 1.29 is 20.1 Å². The van der Waals surface area contributed by atoms with Crippen LogP contribution in [0, 0.1) is 0 Å². The number of aliphatic carboxylic acids is 1. The average Bonchev–Trinajstić information content (AvgIpc) is 2.71. The number of fused-ring (bicyclic) bond motifs is 1. The maximum atomic E-state index is 10.3. The molecule has 2 rings (SSSR count). The van der Waals surface area contributed by atoms with Gasteiger partial charge in [-0.2, -0.15) is 0 Å². The Bertz CT molecular complexity index is 558. The zero-order valence-electron chi connectivity index (χ0n) is 10.00. The van der Waals surface area contributed by atoms with Crippen molar-refractivity contribution in [2.75, 3.05) is 5.75 Å². The number of aromatic nitrogens is 1. The van der Waals surface area contributed by atoms with Gasteiger partial charge in [0.1, 0.15) is 0 Å². The summed E-state index contributed by atoms with van der Waals surface area (Å²) in [5.74, 6) is -0.272. The summed E-state index contributed by atoms with van der Waals surface area (Å²) in [6, 6.07) is 2.94. The molecule has 0 amide bonds. The van der Waals surface area contributed by atoms with Gasteiger partial charge in [-0.3, -0.25) is 4.79 Å². The molecule has 0 radical (unpaired) electrons. The molecule has 0 aliphatic rings. The minimum atomic E-state index is -0.768. The Labute approximate surface area is 117 Å². The number of nitrogens with zero attached hydrogens (tertiary/aromatic N) is 1. The van der Waals surface area contributed by atoms with Crippen molar-refractivity contribution in [3.63, 3.8) is 0 Å². The van der Waals surface area contributed by atoms with Gasteiger partial charge in [-0.15, -0.1) is 11.3 Å². The molecular formula is C12H13NO4S2. The molecule has 1 aromatic heterocycles. The van der Waals surface area contributed by atoms with Gasteiger partial charge in [0, 0.05) is 24.3 Å². The molecule has 0 aliphatic heterocycles. The van der Waals surface area contributed by atoms with E-state index >= 15 is 0 Å². The van der Waals surface area contributed by atoms with Gasteiger partial charge in [0.2, 0.25) is 0 Å². The Morgan fingerprint density at radius 2 is 2.00 bits per heavy atom. The first kappa shape index (κ1) is 14.0. The third-order valence-corrected chi connectivity index (χ3v) is 4.72. The Balaban J connectivity index is 1.92. The van der Waals surface area contributed by atoms with Crippen LogP contribution in [0.2, 0.25) is 0 Å². The highest BCUT2D eigenvalue weighted by molar-refractivity contribution is 8.01. The zero-order valence-corrected chi connectivity index (χ0v) is 11.6. The molecule has 19 heavy (non-hydrogen) atoms. The molecule has 0 saturated heterocycles. The molecule has 0 aliphatic carbocycles. The van der Waals surface area contributed by atoms with Crippen molar-refractivity contribution in [3.05, 3.63) is 12.1 Å². The highest BCUT2D eigenvalue weighted by Crippen LogP contribution is 2.36. The third-order valence-electron chi connectivity index (χ3n) is 2.48. The van der Waals surface area contributed by atoms with E-state index in [0.29, 0.717) is 11.9 Å². The monoisotopic (exact) mass is 299 g/mol. The van der Waals surface area contributed by atoms with Crippen molar-refractivity contribution in [1.82, 2.24) is 4.98 Å². The fraction of sp³-hybridized carbons (Fsp3) is 0.333. The second kappa shape index (κ2) is 6.12. The molecule has 3 N–H and O–H groups in total. The van der Waals surface area contributed by atoms with Crippen molar-refractivity contribution >= 4 is 39.3 Å². The van der Waals surface area contributed by atoms with E-state index in [0.717, 1.165) is 21.2 Å². The van der Waals surface area contributed by atoms with Crippen molar-refractivity contribution in [2.24, 2.45) is 0 Å². The first-order valence-corrected chi connectivity index (χ1v) is 7.53. The standard InChI is InChI=1S/C12H13NO4S2/c14-8-5-7-10(6-9(8)15)19-12(13-7)18-4-2-1-3-11(16)17/h5-6,14-15H,1-4H2,(H,16,17). The molecule has 1 heterocycles. The third kappa shape index (κ3) is 3.74. The fourth-order valence-corrected chi connectivity index (χ4v) is 3.68. The lowest BCUT2D eigenvalue weighted by Gasteiger charge is -1.96. The zero-order chi connectivity index (χ0) is 13.8. The van der Waals surface area contributed by atoms with Gasteiger partial charge in [0.25, 0.3) is 0 Å². The van der Waals surface area contributed by atoms with Crippen LogP contribution in [0.4, 0.5) is 0 Å². The lowest BCUT2D eigenvalue weighted by molar-refractivity contribution is -0.137. The van der Waals surface area contributed by atoms with Gasteiger partial charge in [-0.1, -0.05) is 11.8 Å². The topological polar surface area (TPSA) is 90.7 Å². The number of carbonyl (C=O) groups is 1. The van der Waals surface area contributed by atoms with Gasteiger partial charge >= 0.3 is 5.97 Å². The smallest absolute Gasteiger partial charge is 0.303 e. The lowest BCUT2D eigenvalue weighted by Crippen LogP contribution is -1.94. The van der Waals surface area contributed by atoms with Crippen LogP contribution in [0.3, 0.4) is 0 Å². The number of benzene rings is 1. The van der Waals surface area contributed by atoms with E-state index < -0.39 is 5.97 Å². The summed E-state index contributed by atoms with van der Waals surface area (Å²) in [4.78, 5) is 14.7. The molecule has 0 unspecified atom stereocenters. The molecule has 0 spiro atoms. The van der Waals surface area contributed by atoms with Crippen LogP contribution in [0.25, 0.3) is 10.2 Å². The van der Waals surface area contributed by atoms with Crippen LogP contribution in [0.15, 0.2) is 16.5 Å². The minimum Gasteiger partial charge on any atom is -0.504 e. The van der Waals surface area contributed by atoms with Crippen molar-refractivity contribution in [1.29, 1.82) is 0 Å². The number of carboxylic acid groups (broad SMARTS) is 1. The van der Waals surface area contributed by atoms with E-state index in [1.807, 2.05) is 0 Å². The molecule has 2 aromatic rings. The van der Waals surface area contributed by atoms with E-state index in [-0.39, 0.29) is 17.9 Å². The number of aromatic hydroxyl groups is 2. The average molecular weight is 299 g/mol. The van der Waals surface area contributed by atoms with E-state index in [1.54, 1.807) is 11.8 Å². The number of phenols is 2. The highest BCUT2D eigenvalue weighted by Gasteiger charge is 2.08. The van der Waals surface area contributed by atoms with E-state index in [1.165, 1.54) is 23.5 Å². The second-order valence-electron chi connectivity index (χ2n) is 3.99. The van der Waals surface area contributed by atoms with Crippen molar-refractivity contribution in [2.45, 2.75) is 23.6 Å². The molecule has 102 valence electrons. The number of carboxylic acids is 1. The predicted molar refractivity (Wildman–Crippen MR) is 75.2 cm³/mol. The van der Waals surface area contributed by atoms with Gasteiger partial charge in [-0.25, -0.2) is 4.98 Å². The first-order chi connectivity index (χ1) is 9.06. The van der Waals surface area contributed by atoms with E-state index in [2.05, 4.69) is 4.98 Å². The number of rotatable bonds is 6. The summed E-state index contributed by atoms with van der Waals surface area (Å²) < 4.78 is 1.68. The number of hydrogen-bond donors (Lipinski definition) is 3. The number of hydrogen-bond acceptors (Lipinski definition) is 6. The first-order valence-electron chi connectivity index (χ1n) is 5.73. The van der Waals surface area contributed by atoms with Gasteiger partial charge in [-0.05, 0) is 12.8 Å². The number of phenolic OH excluding ortho intramolecular Hbond substituents is 2. The van der Waals surface area contributed by atoms with Crippen molar-refractivity contribution in [3.8, 4) is 11.5 Å². The molecule has 7 heteroatoms. The molecular weight excluding hydrogens is 286 g/mol. The van der Waals surface area contributed by atoms with Crippen LogP contribution in [0.5, 0.6) is 11.5 Å². The summed E-state index contributed by atoms with van der Waals surface area (Å²) in [5, 5.41) is 27.3. The van der Waals surface area contributed by atoms with Crippen LogP contribution in [-0.2, 0) is 4.79 Å². The number of thiazole rings is 1. The van der Waals surface area contributed by atoms with Gasteiger partial charge in [0.05, 0.1) is 10.2 Å². The largest absolute Gasteiger partial charge is 0.504 e. The Morgan fingerprint density at radius 1 is 1.26 bits per heavy atom. The summed E-state index contributed by atoms with van der Waals surface area (Å²) in [6.45, 7) is 0. The normalized spacial score (nSPS) is 10.9. The molecule has 1 aromatic carbocycles. The Morgan fingerprint density at radius 3 is 2.74 bits per heavy atom. The van der Waals surface area contributed by atoms with E-state index in [9.17, 15) is 15.0 Å². The Kier molecular flexibility index (Phi) is 4.49. The number of thioether (sulfide) groups is 1. The van der Waals surface area contributed by atoms with E-state index in [4.69, 9.17) is 5.11 Å². The summed E-state index contributed by atoms with van der Waals surface area (Å²) in [6.07, 6.45) is 1.68. The van der Waals surface area contributed by atoms with Crippen LogP contribution in [-0.4, -0.2) is 32.0 Å². The summed E-state index contributed by atoms with van der Waals surface area (Å²) in [7, 11) is 0.